The highest BCUT2D eigenvalue weighted by Crippen LogP contribution is 2.31. The molecule has 1 aromatic heterocycles. The molecule has 2 aromatic carbocycles. The highest BCUT2D eigenvalue weighted by molar-refractivity contribution is 7.84. The van der Waals surface area contributed by atoms with Crippen molar-refractivity contribution in [3.8, 4) is 17.0 Å². The summed E-state index contributed by atoms with van der Waals surface area (Å²) < 4.78 is 28.6. The van der Waals surface area contributed by atoms with Gasteiger partial charge in [0.05, 0.1) is 39.8 Å². The molecule has 1 heterocycles. The van der Waals surface area contributed by atoms with Gasteiger partial charge in [0.25, 0.3) is 5.69 Å². The number of nitro benzene ring substituents is 1. The molecule has 0 aliphatic heterocycles. The number of H-pyrrole nitrogens is 1. The first kappa shape index (κ1) is 23.6. The second-order valence-corrected chi connectivity index (χ2v) is 8.44. The Labute approximate surface area is 188 Å². The Morgan fingerprint density at radius 2 is 1.94 bits per heavy atom. The van der Waals surface area contributed by atoms with Gasteiger partial charge in [-0.3, -0.25) is 14.3 Å². The predicted octanol–water partition coefficient (Wildman–Crippen LogP) is 4.16. The van der Waals surface area contributed by atoms with E-state index in [4.69, 9.17) is 14.2 Å². The van der Waals surface area contributed by atoms with Crippen LogP contribution in [0.5, 0.6) is 5.75 Å². The van der Waals surface area contributed by atoms with Crippen molar-refractivity contribution in [3.63, 3.8) is 0 Å². The van der Waals surface area contributed by atoms with E-state index >= 15 is 0 Å². The number of hydrogen-bond donors (Lipinski definition) is 1. The molecule has 0 fully saturated rings. The van der Waals surface area contributed by atoms with E-state index in [1.165, 1.54) is 32.4 Å². The van der Waals surface area contributed by atoms with E-state index < -0.39 is 22.0 Å². The monoisotopic (exact) mass is 459 g/mol. The van der Waals surface area contributed by atoms with Crippen molar-refractivity contribution in [1.29, 1.82) is 0 Å². The molecular weight excluding hydrogens is 434 g/mol. The summed E-state index contributed by atoms with van der Waals surface area (Å²) in [7, 11) is 1.50. The molecule has 1 atom stereocenters. The van der Waals surface area contributed by atoms with Crippen molar-refractivity contribution in [2.45, 2.75) is 24.8 Å². The van der Waals surface area contributed by atoms with Gasteiger partial charge in [-0.1, -0.05) is 24.3 Å². The molecule has 0 bridgehead atoms. The molecule has 32 heavy (non-hydrogen) atoms. The van der Waals surface area contributed by atoms with Crippen molar-refractivity contribution in [2.24, 2.45) is 0 Å². The quantitative estimate of drug-likeness (QED) is 0.198. The molecule has 0 spiro atoms. The third-order valence-corrected chi connectivity index (χ3v) is 6.12. The molecule has 0 radical (unpaired) electrons. The van der Waals surface area contributed by atoms with Gasteiger partial charge in [0.15, 0.2) is 11.4 Å². The number of nitro groups is 1. The van der Waals surface area contributed by atoms with Gasteiger partial charge in [0.2, 0.25) is 0 Å². The van der Waals surface area contributed by atoms with Gasteiger partial charge in [-0.15, -0.1) is 0 Å². The lowest BCUT2D eigenvalue weighted by Gasteiger charge is -2.15. The molecular formula is C22H25N3O6S. The number of methoxy groups -OCH3 is 2. The molecule has 0 saturated heterocycles. The van der Waals surface area contributed by atoms with E-state index in [-0.39, 0.29) is 11.3 Å². The van der Waals surface area contributed by atoms with Crippen LogP contribution < -0.4 is 4.74 Å². The van der Waals surface area contributed by atoms with Crippen LogP contribution in [0.1, 0.15) is 23.8 Å². The first-order valence-corrected chi connectivity index (χ1v) is 11.2. The average Bonchev–Trinajstić information content (AvgIpc) is 3.28. The Morgan fingerprint density at radius 3 is 2.62 bits per heavy atom. The zero-order valence-electron chi connectivity index (χ0n) is 18.1. The standard InChI is InChI=1S/C22H25N3O6S/c1-15-7-4-5-8-17(15)19-14-23-22(24-19)32(28)12-6-11-31-16-9-10-20(25(26)27)18(13-16)21(29-2)30-3/h4-5,7-10,13-14,21H,6,11-12H2,1-3H3,(H,23,24). The number of imidazole rings is 1. The highest BCUT2D eigenvalue weighted by Gasteiger charge is 2.23. The Bertz CT molecular complexity index is 1100. The normalized spacial score (nSPS) is 12.1. The topological polar surface area (TPSA) is 117 Å². The number of rotatable bonds is 11. The van der Waals surface area contributed by atoms with Crippen molar-refractivity contribution >= 4 is 16.5 Å². The zero-order chi connectivity index (χ0) is 23.1. The summed E-state index contributed by atoms with van der Waals surface area (Å²) in [6.45, 7) is 2.30. The summed E-state index contributed by atoms with van der Waals surface area (Å²) in [4.78, 5) is 18.2. The van der Waals surface area contributed by atoms with E-state index in [0.717, 1.165) is 16.8 Å². The number of nitrogens with one attached hydrogen (secondary N) is 1. The van der Waals surface area contributed by atoms with Crippen LogP contribution in [0.25, 0.3) is 11.3 Å². The van der Waals surface area contributed by atoms with Crippen molar-refractivity contribution in [2.75, 3.05) is 26.6 Å². The van der Waals surface area contributed by atoms with E-state index in [1.54, 1.807) is 6.20 Å². The predicted molar refractivity (Wildman–Crippen MR) is 120 cm³/mol. The van der Waals surface area contributed by atoms with Crippen molar-refractivity contribution in [1.82, 2.24) is 9.97 Å². The molecule has 3 aromatic rings. The summed E-state index contributed by atoms with van der Waals surface area (Å²) in [5, 5.41) is 11.7. The van der Waals surface area contributed by atoms with Gasteiger partial charge in [0.1, 0.15) is 5.75 Å². The Morgan fingerprint density at radius 1 is 1.19 bits per heavy atom. The Balaban J connectivity index is 1.57. The van der Waals surface area contributed by atoms with E-state index in [9.17, 15) is 14.3 Å². The smallest absolute Gasteiger partial charge is 0.277 e. The molecule has 1 unspecified atom stereocenters. The van der Waals surface area contributed by atoms with E-state index in [1.807, 2.05) is 31.2 Å². The highest BCUT2D eigenvalue weighted by atomic mass is 32.2. The number of benzene rings is 2. The average molecular weight is 460 g/mol. The second kappa shape index (κ2) is 11.0. The Kier molecular flexibility index (Phi) is 8.09. The van der Waals surface area contributed by atoms with Gasteiger partial charge >= 0.3 is 0 Å². The lowest BCUT2D eigenvalue weighted by Crippen LogP contribution is -2.09. The minimum atomic E-state index is -1.30. The van der Waals surface area contributed by atoms with Crippen molar-refractivity contribution < 1.29 is 23.3 Å². The van der Waals surface area contributed by atoms with Crippen LogP contribution in [-0.2, 0) is 20.3 Å². The maximum atomic E-state index is 12.6. The molecule has 0 aliphatic carbocycles. The first-order chi connectivity index (χ1) is 15.4. The fourth-order valence-electron chi connectivity index (χ4n) is 3.23. The van der Waals surface area contributed by atoms with Crippen LogP contribution in [0.15, 0.2) is 53.8 Å². The van der Waals surface area contributed by atoms with E-state index in [0.29, 0.717) is 29.7 Å². The molecule has 170 valence electrons. The molecule has 0 amide bonds. The fraction of sp³-hybridized carbons (Fsp3) is 0.318. The van der Waals surface area contributed by atoms with Crippen molar-refractivity contribution in [3.05, 3.63) is 69.9 Å². The van der Waals surface area contributed by atoms with Gasteiger partial charge in [-0.05, 0) is 31.0 Å². The van der Waals surface area contributed by atoms with Crippen LogP contribution in [0.4, 0.5) is 5.69 Å². The number of aromatic nitrogens is 2. The lowest BCUT2D eigenvalue weighted by molar-refractivity contribution is -0.387. The second-order valence-electron chi connectivity index (χ2n) is 6.95. The summed E-state index contributed by atoms with van der Waals surface area (Å²) in [6, 6.07) is 12.3. The summed E-state index contributed by atoms with van der Waals surface area (Å²) in [5.74, 6) is 0.801. The lowest BCUT2D eigenvalue weighted by atomic mass is 10.1. The molecule has 9 nitrogen and oxygen atoms in total. The fourth-order valence-corrected chi connectivity index (χ4v) is 4.20. The third-order valence-electron chi connectivity index (χ3n) is 4.82. The van der Waals surface area contributed by atoms with Crippen LogP contribution in [0, 0.1) is 17.0 Å². The number of aryl methyl sites for hydroxylation is 1. The molecule has 0 saturated carbocycles. The molecule has 10 heteroatoms. The molecule has 3 rings (SSSR count). The maximum absolute atomic E-state index is 12.6. The van der Waals surface area contributed by atoms with Crippen LogP contribution in [0.3, 0.4) is 0 Å². The summed E-state index contributed by atoms with van der Waals surface area (Å²) >= 11 is 0. The number of hydrogen-bond acceptors (Lipinski definition) is 7. The van der Waals surface area contributed by atoms with Crippen LogP contribution in [-0.4, -0.2) is 45.7 Å². The summed E-state index contributed by atoms with van der Waals surface area (Å²) in [5.41, 5.74) is 3.10. The van der Waals surface area contributed by atoms with E-state index in [2.05, 4.69) is 9.97 Å². The third kappa shape index (κ3) is 5.58. The number of ether oxygens (including phenoxy) is 3. The van der Waals surface area contributed by atoms with Gasteiger partial charge in [-0.25, -0.2) is 4.98 Å². The van der Waals surface area contributed by atoms with Gasteiger partial charge in [-0.2, -0.15) is 0 Å². The Hall–Kier alpha value is -3.08. The summed E-state index contributed by atoms with van der Waals surface area (Å²) in [6.07, 6.45) is 1.32. The number of nitrogens with zero attached hydrogens (tertiary/aromatic N) is 2. The largest absolute Gasteiger partial charge is 0.494 e. The van der Waals surface area contributed by atoms with Gasteiger partial charge < -0.3 is 19.2 Å². The maximum Gasteiger partial charge on any atom is 0.277 e. The molecule has 1 N–H and O–H groups in total. The first-order valence-electron chi connectivity index (χ1n) is 9.90. The minimum absolute atomic E-state index is 0.116. The SMILES string of the molecule is COC(OC)c1cc(OCCCS(=O)c2ncc(-c3ccccc3C)[nH]2)ccc1[N+](=O)[O-]. The molecule has 0 aliphatic rings. The number of aromatic amines is 1. The van der Waals surface area contributed by atoms with Gasteiger partial charge in [0, 0.05) is 31.6 Å². The van der Waals surface area contributed by atoms with Crippen LogP contribution in [0.2, 0.25) is 0 Å². The minimum Gasteiger partial charge on any atom is -0.494 e. The van der Waals surface area contributed by atoms with Crippen LogP contribution >= 0.6 is 0 Å². The zero-order valence-corrected chi connectivity index (χ0v) is 18.9.